The largest absolute Gasteiger partial charge is 0.394 e. The summed E-state index contributed by atoms with van der Waals surface area (Å²) in [6.07, 6.45) is -3.89. The minimum atomic E-state index is -2.10. The van der Waals surface area contributed by atoms with Crippen LogP contribution in [0.15, 0.2) is 0 Å². The summed E-state index contributed by atoms with van der Waals surface area (Å²) < 4.78 is 8.23. The number of carbonyl (C=O) groups excluding carboxylic acids is 2. The number of aliphatic hydroxyl groups is 4. The van der Waals surface area contributed by atoms with E-state index in [0.717, 1.165) is 0 Å². The molecule has 82 valence electrons. The summed E-state index contributed by atoms with van der Waals surface area (Å²) >= 11 is -0.272. The van der Waals surface area contributed by atoms with Crippen molar-refractivity contribution >= 4 is 23.6 Å². The van der Waals surface area contributed by atoms with Crippen molar-refractivity contribution in [3.63, 3.8) is 0 Å². The van der Waals surface area contributed by atoms with E-state index in [0.29, 0.717) is 0 Å². The molecule has 7 nitrogen and oxygen atoms in total. The SMILES string of the molecule is O=C(C(=O)[C@H](O)[C@H](O)CO)C(O)SO. The Hall–Kier alpha value is -0.510. The van der Waals surface area contributed by atoms with Crippen LogP contribution >= 0.6 is 12.0 Å². The van der Waals surface area contributed by atoms with E-state index < -0.39 is 35.8 Å². The van der Waals surface area contributed by atoms with Crippen LogP contribution < -0.4 is 0 Å². The second kappa shape index (κ2) is 6.06. The number of hydrogen-bond acceptors (Lipinski definition) is 8. The van der Waals surface area contributed by atoms with Gasteiger partial charge in [-0.2, -0.15) is 0 Å². The van der Waals surface area contributed by atoms with Gasteiger partial charge in [0.25, 0.3) is 0 Å². The molecule has 5 N–H and O–H groups in total. The van der Waals surface area contributed by atoms with Gasteiger partial charge in [-0.25, -0.2) is 0 Å². The molecule has 0 bridgehead atoms. The summed E-state index contributed by atoms with van der Waals surface area (Å²) in [7, 11) is 0. The highest BCUT2D eigenvalue weighted by atomic mass is 32.2. The van der Waals surface area contributed by atoms with Crippen molar-refractivity contribution in [3.05, 3.63) is 0 Å². The van der Waals surface area contributed by atoms with Gasteiger partial charge in [-0.1, -0.05) is 0 Å². The lowest BCUT2D eigenvalue weighted by molar-refractivity contribution is -0.148. The minimum Gasteiger partial charge on any atom is -0.394 e. The number of ketones is 2. The van der Waals surface area contributed by atoms with Crippen molar-refractivity contribution in [3.8, 4) is 0 Å². The van der Waals surface area contributed by atoms with Crippen LogP contribution in [-0.4, -0.2) is 60.8 Å². The molecule has 14 heavy (non-hydrogen) atoms. The summed E-state index contributed by atoms with van der Waals surface area (Å²) in [5, 5.41) is 34.7. The van der Waals surface area contributed by atoms with Gasteiger partial charge in [0.2, 0.25) is 11.6 Å². The van der Waals surface area contributed by atoms with Gasteiger partial charge in [0, 0.05) is 12.0 Å². The standard InChI is InChI=1S/C6H10O7S/c7-1-2(8)3(9)4(10)5(11)6(12)14-13/h2-3,6-9,12-13H,1H2/t2-,3-,6?/m1/s1. The molecule has 0 rings (SSSR count). The van der Waals surface area contributed by atoms with Crippen molar-refractivity contribution < 1.29 is 34.6 Å². The molecule has 0 heterocycles. The maximum atomic E-state index is 10.9. The first-order chi connectivity index (χ1) is 6.45. The van der Waals surface area contributed by atoms with E-state index in [1.54, 1.807) is 0 Å². The van der Waals surface area contributed by atoms with Gasteiger partial charge in [-0.15, -0.1) is 0 Å². The van der Waals surface area contributed by atoms with Gasteiger partial charge in [0.15, 0.2) is 5.44 Å². The van der Waals surface area contributed by atoms with Crippen molar-refractivity contribution in [1.29, 1.82) is 0 Å². The van der Waals surface area contributed by atoms with Crippen LogP contribution in [0, 0.1) is 0 Å². The molecule has 3 atom stereocenters. The molecule has 0 fully saturated rings. The van der Waals surface area contributed by atoms with Crippen LogP contribution in [0.1, 0.15) is 0 Å². The Morgan fingerprint density at radius 1 is 1.14 bits per heavy atom. The monoisotopic (exact) mass is 226 g/mol. The quantitative estimate of drug-likeness (QED) is 0.188. The number of hydrogen-bond donors (Lipinski definition) is 5. The third-order valence-corrected chi connectivity index (χ3v) is 1.80. The first-order valence-electron chi connectivity index (χ1n) is 3.49. The Kier molecular flexibility index (Phi) is 5.84. The van der Waals surface area contributed by atoms with Crippen molar-refractivity contribution in [1.82, 2.24) is 0 Å². The van der Waals surface area contributed by atoms with Crippen LogP contribution in [0.4, 0.5) is 0 Å². The third kappa shape index (κ3) is 3.33. The number of rotatable bonds is 6. The van der Waals surface area contributed by atoms with E-state index in [9.17, 15) is 9.59 Å². The van der Waals surface area contributed by atoms with Crippen LogP contribution in [-0.2, 0) is 9.59 Å². The molecule has 0 aromatic carbocycles. The number of Topliss-reactive ketones (excluding diaryl/α,β-unsaturated/α-hetero) is 2. The van der Waals surface area contributed by atoms with Crippen molar-refractivity contribution in [2.24, 2.45) is 0 Å². The first kappa shape index (κ1) is 13.5. The fourth-order valence-electron chi connectivity index (χ4n) is 0.590. The normalized spacial score (nSPS) is 17.2. The van der Waals surface area contributed by atoms with E-state index in [2.05, 4.69) is 0 Å². The average molecular weight is 226 g/mol. The minimum absolute atomic E-state index is 0.272. The van der Waals surface area contributed by atoms with E-state index in [1.807, 2.05) is 0 Å². The predicted molar refractivity (Wildman–Crippen MR) is 45.3 cm³/mol. The highest BCUT2D eigenvalue weighted by Crippen LogP contribution is 2.06. The molecule has 0 amide bonds. The van der Waals surface area contributed by atoms with Gasteiger partial charge >= 0.3 is 0 Å². The Morgan fingerprint density at radius 2 is 1.64 bits per heavy atom. The van der Waals surface area contributed by atoms with Crippen LogP contribution in [0.5, 0.6) is 0 Å². The summed E-state index contributed by atoms with van der Waals surface area (Å²) in [5.74, 6) is -2.92. The molecule has 8 heteroatoms. The van der Waals surface area contributed by atoms with Crippen molar-refractivity contribution in [2.45, 2.75) is 17.6 Å². The maximum Gasteiger partial charge on any atom is 0.242 e. The van der Waals surface area contributed by atoms with E-state index in [1.165, 1.54) is 0 Å². The van der Waals surface area contributed by atoms with Gasteiger partial charge in [-0.05, 0) is 0 Å². The zero-order valence-electron chi connectivity index (χ0n) is 6.90. The number of carbonyl (C=O) groups is 2. The van der Waals surface area contributed by atoms with Crippen molar-refractivity contribution in [2.75, 3.05) is 6.61 Å². The highest BCUT2D eigenvalue weighted by Gasteiger charge is 2.33. The first-order valence-corrected chi connectivity index (χ1v) is 4.32. The molecule has 0 saturated heterocycles. The zero-order chi connectivity index (χ0) is 11.3. The average Bonchev–Trinajstić information content (AvgIpc) is 2.23. The lowest BCUT2D eigenvalue weighted by Crippen LogP contribution is -2.43. The summed E-state index contributed by atoms with van der Waals surface area (Å²) in [6.45, 7) is -0.900. The molecule has 1 unspecified atom stereocenters. The van der Waals surface area contributed by atoms with Crippen LogP contribution in [0.3, 0.4) is 0 Å². The Labute approximate surface area is 83.2 Å². The van der Waals surface area contributed by atoms with Crippen LogP contribution in [0.25, 0.3) is 0 Å². The molecular formula is C6H10O7S. The van der Waals surface area contributed by atoms with E-state index in [-0.39, 0.29) is 12.0 Å². The van der Waals surface area contributed by atoms with Gasteiger partial charge < -0.3 is 25.0 Å². The van der Waals surface area contributed by atoms with Gasteiger partial charge in [0.05, 0.1) is 6.61 Å². The smallest absolute Gasteiger partial charge is 0.242 e. The third-order valence-electron chi connectivity index (χ3n) is 1.39. The lowest BCUT2D eigenvalue weighted by atomic mass is 10.1. The lowest BCUT2D eigenvalue weighted by Gasteiger charge is -2.14. The predicted octanol–water partition coefficient (Wildman–Crippen LogP) is -2.64. The molecule has 0 spiro atoms. The molecule has 0 aromatic heterocycles. The zero-order valence-corrected chi connectivity index (χ0v) is 7.72. The maximum absolute atomic E-state index is 10.9. The second-order valence-electron chi connectivity index (χ2n) is 2.38. The molecule has 0 aliphatic carbocycles. The Morgan fingerprint density at radius 3 is 2.00 bits per heavy atom. The highest BCUT2D eigenvalue weighted by molar-refractivity contribution is 7.95. The molecule has 0 radical (unpaired) electrons. The van der Waals surface area contributed by atoms with Crippen LogP contribution in [0.2, 0.25) is 0 Å². The summed E-state index contributed by atoms with van der Waals surface area (Å²) in [6, 6.07) is 0. The van der Waals surface area contributed by atoms with Gasteiger partial charge in [0.1, 0.15) is 12.2 Å². The van der Waals surface area contributed by atoms with Gasteiger partial charge in [-0.3, -0.25) is 9.59 Å². The summed E-state index contributed by atoms with van der Waals surface area (Å²) in [5.41, 5.74) is -2.00. The second-order valence-corrected chi connectivity index (χ2v) is 3.04. The van der Waals surface area contributed by atoms with E-state index in [4.69, 9.17) is 25.0 Å². The van der Waals surface area contributed by atoms with E-state index >= 15 is 0 Å². The summed E-state index contributed by atoms with van der Waals surface area (Å²) in [4.78, 5) is 21.7. The number of aliphatic hydroxyl groups excluding tert-OH is 4. The fraction of sp³-hybridized carbons (Fsp3) is 0.667. The molecule has 0 saturated carbocycles. The fourth-order valence-corrected chi connectivity index (χ4v) is 0.802. The Balaban J connectivity index is 4.39. The molecular weight excluding hydrogens is 216 g/mol. The molecule has 0 aromatic rings. The topological polar surface area (TPSA) is 135 Å². The molecule has 0 aliphatic heterocycles. The molecule has 0 aliphatic rings. The Bertz CT molecular complexity index is 218.